The molecule has 1 aliphatic rings. The molecule has 0 radical (unpaired) electrons. The highest BCUT2D eigenvalue weighted by Gasteiger charge is 2.26. The predicted octanol–water partition coefficient (Wildman–Crippen LogP) is 0.219. The van der Waals surface area contributed by atoms with Crippen LogP contribution in [-0.2, 0) is 22.6 Å². The van der Waals surface area contributed by atoms with E-state index in [0.717, 1.165) is 18.9 Å². The van der Waals surface area contributed by atoms with Crippen LogP contribution in [0.2, 0.25) is 0 Å². The van der Waals surface area contributed by atoms with Crippen molar-refractivity contribution in [2.45, 2.75) is 33.0 Å². The monoisotopic (exact) mass is 268 g/mol. The minimum atomic E-state index is -0.909. The number of nitrogens with zero attached hydrogens (tertiary/aromatic N) is 4. The summed E-state index contributed by atoms with van der Waals surface area (Å²) >= 11 is 0. The lowest BCUT2D eigenvalue weighted by Crippen LogP contribution is -2.45. The van der Waals surface area contributed by atoms with Crippen molar-refractivity contribution in [3.8, 4) is 0 Å². The Kier molecular flexibility index (Phi) is 4.49. The molecule has 19 heavy (non-hydrogen) atoms. The van der Waals surface area contributed by atoms with E-state index in [1.54, 1.807) is 6.33 Å². The van der Waals surface area contributed by atoms with Crippen molar-refractivity contribution in [3.05, 3.63) is 12.2 Å². The first-order valence-electron chi connectivity index (χ1n) is 6.49. The molecule has 1 N–H and O–H groups in total. The molecule has 0 saturated carbocycles. The van der Waals surface area contributed by atoms with Crippen LogP contribution in [0.4, 0.5) is 0 Å². The lowest BCUT2D eigenvalue weighted by Gasteiger charge is -2.30. The van der Waals surface area contributed by atoms with Crippen molar-refractivity contribution in [3.63, 3.8) is 0 Å². The van der Waals surface area contributed by atoms with Gasteiger partial charge in [0.05, 0.1) is 13.2 Å². The lowest BCUT2D eigenvalue weighted by atomic mass is 10.2. The molecular formula is C12H20N4O3. The van der Waals surface area contributed by atoms with Gasteiger partial charge in [0.2, 0.25) is 0 Å². The first kappa shape index (κ1) is 14.0. The highest BCUT2D eigenvalue weighted by atomic mass is 16.5. The fourth-order valence-electron chi connectivity index (χ4n) is 2.10. The zero-order chi connectivity index (χ0) is 13.8. The highest BCUT2D eigenvalue weighted by Crippen LogP contribution is 2.10. The normalized spacial score (nSPS) is 20.9. The standard InChI is InChI=1S/C12H20N4O3/c1-9(2)5-16-11(13-8-14-16)7-15-3-4-19-10(6-15)12(17)18/h8-10H,3-7H2,1-2H3,(H,17,18). The van der Waals surface area contributed by atoms with E-state index in [9.17, 15) is 4.79 Å². The molecule has 0 aromatic carbocycles. The number of aliphatic carboxylic acids is 1. The van der Waals surface area contributed by atoms with Crippen LogP contribution < -0.4 is 0 Å². The van der Waals surface area contributed by atoms with Gasteiger partial charge in [0, 0.05) is 19.6 Å². The van der Waals surface area contributed by atoms with E-state index >= 15 is 0 Å². The summed E-state index contributed by atoms with van der Waals surface area (Å²) < 4.78 is 7.08. The molecule has 1 fully saturated rings. The van der Waals surface area contributed by atoms with E-state index in [1.165, 1.54) is 0 Å². The zero-order valence-electron chi connectivity index (χ0n) is 11.3. The van der Waals surface area contributed by atoms with Crippen LogP contribution in [0, 0.1) is 5.92 Å². The summed E-state index contributed by atoms with van der Waals surface area (Å²) in [6.45, 7) is 7.24. The number of rotatable bonds is 5. The predicted molar refractivity (Wildman–Crippen MR) is 67.5 cm³/mol. The third kappa shape index (κ3) is 3.74. The minimum absolute atomic E-state index is 0.393. The fraction of sp³-hybridized carbons (Fsp3) is 0.750. The van der Waals surface area contributed by atoms with Crippen molar-refractivity contribution in [2.75, 3.05) is 19.7 Å². The first-order chi connectivity index (χ1) is 9.06. The molecule has 1 saturated heterocycles. The third-order valence-corrected chi connectivity index (χ3v) is 3.02. The zero-order valence-corrected chi connectivity index (χ0v) is 11.3. The molecule has 106 valence electrons. The number of aromatic nitrogens is 3. The number of hydrogen-bond acceptors (Lipinski definition) is 5. The van der Waals surface area contributed by atoms with Crippen LogP contribution in [-0.4, -0.2) is 56.5 Å². The van der Waals surface area contributed by atoms with Crippen LogP contribution in [0.15, 0.2) is 6.33 Å². The summed E-state index contributed by atoms with van der Waals surface area (Å²) in [5.74, 6) is 0.463. The van der Waals surface area contributed by atoms with Crippen molar-refractivity contribution < 1.29 is 14.6 Å². The largest absolute Gasteiger partial charge is 0.479 e. The average Bonchev–Trinajstić information content (AvgIpc) is 2.76. The number of ether oxygens (including phenoxy) is 1. The summed E-state index contributed by atoms with van der Waals surface area (Å²) in [7, 11) is 0. The summed E-state index contributed by atoms with van der Waals surface area (Å²) in [5.41, 5.74) is 0. The molecule has 2 heterocycles. The molecule has 0 bridgehead atoms. The van der Waals surface area contributed by atoms with Crippen LogP contribution in [0.3, 0.4) is 0 Å². The summed E-state index contributed by atoms with van der Waals surface area (Å²) in [5, 5.41) is 13.2. The summed E-state index contributed by atoms with van der Waals surface area (Å²) in [6.07, 6.45) is 0.808. The van der Waals surface area contributed by atoms with E-state index in [0.29, 0.717) is 25.6 Å². The van der Waals surface area contributed by atoms with Crippen LogP contribution in [0.25, 0.3) is 0 Å². The average molecular weight is 268 g/mol. The van der Waals surface area contributed by atoms with Gasteiger partial charge in [-0.3, -0.25) is 4.90 Å². The van der Waals surface area contributed by atoms with E-state index in [2.05, 4.69) is 23.9 Å². The van der Waals surface area contributed by atoms with Crippen molar-refractivity contribution in [1.29, 1.82) is 0 Å². The second-order valence-corrected chi connectivity index (χ2v) is 5.19. The maximum atomic E-state index is 10.9. The fourth-order valence-corrected chi connectivity index (χ4v) is 2.10. The van der Waals surface area contributed by atoms with Gasteiger partial charge >= 0.3 is 5.97 Å². The Morgan fingerprint density at radius 1 is 1.63 bits per heavy atom. The maximum Gasteiger partial charge on any atom is 0.334 e. The second kappa shape index (κ2) is 6.12. The van der Waals surface area contributed by atoms with Crippen molar-refractivity contribution in [2.24, 2.45) is 5.92 Å². The minimum Gasteiger partial charge on any atom is -0.479 e. The van der Waals surface area contributed by atoms with Gasteiger partial charge in [-0.25, -0.2) is 14.5 Å². The van der Waals surface area contributed by atoms with Crippen LogP contribution >= 0.6 is 0 Å². The first-order valence-corrected chi connectivity index (χ1v) is 6.49. The van der Waals surface area contributed by atoms with Gasteiger partial charge in [0.25, 0.3) is 0 Å². The van der Waals surface area contributed by atoms with Crippen molar-refractivity contribution >= 4 is 5.97 Å². The third-order valence-electron chi connectivity index (χ3n) is 3.02. The van der Waals surface area contributed by atoms with Gasteiger partial charge in [-0.05, 0) is 5.92 Å². The van der Waals surface area contributed by atoms with E-state index in [4.69, 9.17) is 9.84 Å². The van der Waals surface area contributed by atoms with Gasteiger partial charge < -0.3 is 9.84 Å². The summed E-state index contributed by atoms with van der Waals surface area (Å²) in [6, 6.07) is 0. The van der Waals surface area contributed by atoms with E-state index < -0.39 is 12.1 Å². The molecule has 1 aromatic heterocycles. The summed E-state index contributed by atoms with van der Waals surface area (Å²) in [4.78, 5) is 17.2. The molecule has 1 atom stereocenters. The molecule has 1 aliphatic heterocycles. The van der Waals surface area contributed by atoms with Gasteiger partial charge in [0.15, 0.2) is 6.10 Å². The van der Waals surface area contributed by atoms with E-state index in [1.807, 2.05) is 9.58 Å². The van der Waals surface area contributed by atoms with Crippen LogP contribution in [0.1, 0.15) is 19.7 Å². The Balaban J connectivity index is 1.97. The molecule has 0 aliphatic carbocycles. The Hall–Kier alpha value is -1.47. The number of carbonyl (C=O) groups is 1. The van der Waals surface area contributed by atoms with Gasteiger partial charge in [-0.15, -0.1) is 0 Å². The number of hydrogen-bond donors (Lipinski definition) is 1. The molecule has 7 heteroatoms. The van der Waals surface area contributed by atoms with Crippen LogP contribution in [0.5, 0.6) is 0 Å². The molecule has 1 unspecified atom stereocenters. The Morgan fingerprint density at radius 2 is 2.42 bits per heavy atom. The Bertz CT molecular complexity index is 432. The molecular weight excluding hydrogens is 248 g/mol. The SMILES string of the molecule is CC(C)Cn1ncnc1CN1CCOC(C(=O)O)C1. The second-order valence-electron chi connectivity index (χ2n) is 5.19. The highest BCUT2D eigenvalue weighted by molar-refractivity contribution is 5.72. The topological polar surface area (TPSA) is 80.5 Å². The Morgan fingerprint density at radius 3 is 3.11 bits per heavy atom. The molecule has 0 amide bonds. The maximum absolute atomic E-state index is 10.9. The molecule has 0 spiro atoms. The molecule has 1 aromatic rings. The van der Waals surface area contributed by atoms with Gasteiger partial charge in [-0.2, -0.15) is 5.10 Å². The number of morpholine rings is 1. The van der Waals surface area contributed by atoms with E-state index in [-0.39, 0.29) is 0 Å². The molecule has 7 nitrogen and oxygen atoms in total. The van der Waals surface area contributed by atoms with Gasteiger partial charge in [0.1, 0.15) is 12.2 Å². The number of carboxylic acid groups (broad SMARTS) is 1. The van der Waals surface area contributed by atoms with Crippen molar-refractivity contribution in [1.82, 2.24) is 19.7 Å². The number of carboxylic acids is 1. The quantitative estimate of drug-likeness (QED) is 0.823. The Labute approximate surface area is 112 Å². The lowest BCUT2D eigenvalue weighted by molar-refractivity contribution is -0.156. The molecule has 2 rings (SSSR count). The smallest absolute Gasteiger partial charge is 0.334 e. The van der Waals surface area contributed by atoms with Gasteiger partial charge in [-0.1, -0.05) is 13.8 Å².